The van der Waals surface area contributed by atoms with Crippen LogP contribution in [0.2, 0.25) is 0 Å². The maximum atomic E-state index is 11.6. The molecule has 4 heteroatoms. The van der Waals surface area contributed by atoms with Gasteiger partial charge in [-0.2, -0.15) is 0 Å². The zero-order chi connectivity index (χ0) is 14.6. The maximum absolute atomic E-state index is 11.6. The van der Waals surface area contributed by atoms with Crippen LogP contribution in [0, 0.1) is 0 Å². The highest BCUT2D eigenvalue weighted by Gasteiger charge is 2.15. The molecule has 0 saturated heterocycles. The second kappa shape index (κ2) is 4.33. The molecular weight excluding hydrogens is 330 g/mol. The van der Waals surface area contributed by atoms with Gasteiger partial charge in [0.1, 0.15) is 0 Å². The number of H-pyrrole nitrogens is 1. The second-order valence-corrected chi connectivity index (χ2v) is 5.93. The Balaban J connectivity index is 2.32. The summed E-state index contributed by atoms with van der Waals surface area (Å²) in [5.41, 5.74) is 2.31. The van der Waals surface area contributed by atoms with Crippen molar-refractivity contribution in [3.05, 3.63) is 58.6 Å². The van der Waals surface area contributed by atoms with Gasteiger partial charge in [0.05, 0.1) is 11.1 Å². The Hall–Kier alpha value is -2.33. The van der Waals surface area contributed by atoms with Crippen LogP contribution in [0.25, 0.3) is 32.6 Å². The van der Waals surface area contributed by atoms with Crippen molar-refractivity contribution in [2.75, 3.05) is 0 Å². The van der Waals surface area contributed by atoms with E-state index in [9.17, 15) is 9.90 Å². The molecule has 1 aromatic heterocycles. The number of aromatic nitrogens is 1. The number of benzene rings is 3. The first kappa shape index (κ1) is 12.4. The van der Waals surface area contributed by atoms with Gasteiger partial charge in [-0.05, 0) is 29.7 Å². The van der Waals surface area contributed by atoms with E-state index in [1.54, 1.807) is 6.07 Å². The van der Waals surface area contributed by atoms with Crippen LogP contribution in [0.4, 0.5) is 0 Å². The lowest BCUT2D eigenvalue weighted by Gasteiger charge is -2.05. The first-order valence-corrected chi connectivity index (χ1v) is 7.30. The van der Waals surface area contributed by atoms with Crippen LogP contribution in [-0.4, -0.2) is 16.1 Å². The summed E-state index contributed by atoms with van der Waals surface area (Å²) in [6, 6.07) is 15.3. The third-order valence-corrected chi connectivity index (χ3v) is 4.30. The number of nitrogens with one attached hydrogen (secondary N) is 1. The largest absolute Gasteiger partial charge is 0.478 e. The SMILES string of the molecule is O=C(O)c1cc2c3ccccc3[nH]c2c2cc(Br)ccc12. The molecule has 3 aromatic carbocycles. The number of rotatable bonds is 1. The summed E-state index contributed by atoms with van der Waals surface area (Å²) in [5.74, 6) is -0.908. The summed E-state index contributed by atoms with van der Waals surface area (Å²) < 4.78 is 0.928. The van der Waals surface area contributed by atoms with Crippen molar-refractivity contribution in [3.63, 3.8) is 0 Å². The molecule has 0 atom stereocenters. The van der Waals surface area contributed by atoms with Gasteiger partial charge in [-0.3, -0.25) is 0 Å². The van der Waals surface area contributed by atoms with Crippen molar-refractivity contribution < 1.29 is 9.90 Å². The van der Waals surface area contributed by atoms with Crippen LogP contribution in [-0.2, 0) is 0 Å². The van der Waals surface area contributed by atoms with E-state index in [-0.39, 0.29) is 0 Å². The summed E-state index contributed by atoms with van der Waals surface area (Å²) in [6.07, 6.45) is 0. The van der Waals surface area contributed by atoms with Gasteiger partial charge in [-0.25, -0.2) is 4.79 Å². The lowest BCUT2D eigenvalue weighted by atomic mass is 10.0. The van der Waals surface area contributed by atoms with Crippen molar-refractivity contribution in [3.8, 4) is 0 Å². The van der Waals surface area contributed by atoms with Gasteiger partial charge in [0.25, 0.3) is 0 Å². The predicted molar refractivity (Wildman–Crippen MR) is 88.0 cm³/mol. The first-order chi connectivity index (χ1) is 10.1. The molecule has 0 radical (unpaired) electrons. The molecule has 102 valence electrons. The maximum Gasteiger partial charge on any atom is 0.336 e. The number of aromatic amines is 1. The molecular formula is C17H10BrNO2. The van der Waals surface area contributed by atoms with Crippen molar-refractivity contribution in [2.45, 2.75) is 0 Å². The monoisotopic (exact) mass is 339 g/mol. The zero-order valence-corrected chi connectivity index (χ0v) is 12.4. The van der Waals surface area contributed by atoms with Gasteiger partial charge >= 0.3 is 5.97 Å². The molecule has 21 heavy (non-hydrogen) atoms. The Morgan fingerprint density at radius 3 is 2.52 bits per heavy atom. The fourth-order valence-electron chi connectivity index (χ4n) is 2.88. The Morgan fingerprint density at radius 2 is 1.71 bits per heavy atom. The highest BCUT2D eigenvalue weighted by atomic mass is 79.9. The van der Waals surface area contributed by atoms with Gasteiger partial charge in [0.2, 0.25) is 0 Å². The first-order valence-electron chi connectivity index (χ1n) is 6.51. The van der Waals surface area contributed by atoms with Crippen LogP contribution in [0.1, 0.15) is 10.4 Å². The minimum absolute atomic E-state index is 0.328. The van der Waals surface area contributed by atoms with E-state index in [4.69, 9.17) is 0 Å². The van der Waals surface area contributed by atoms with Crippen LogP contribution in [0.3, 0.4) is 0 Å². The predicted octanol–water partition coefficient (Wildman–Crippen LogP) is 4.94. The van der Waals surface area contributed by atoms with E-state index < -0.39 is 5.97 Å². The Kier molecular flexibility index (Phi) is 2.56. The highest BCUT2D eigenvalue weighted by molar-refractivity contribution is 9.10. The van der Waals surface area contributed by atoms with E-state index in [1.807, 2.05) is 42.5 Å². The van der Waals surface area contributed by atoms with Crippen molar-refractivity contribution in [1.82, 2.24) is 4.98 Å². The molecule has 0 bridgehead atoms. The molecule has 4 rings (SSSR count). The normalized spacial score (nSPS) is 11.5. The van der Waals surface area contributed by atoms with Crippen LogP contribution < -0.4 is 0 Å². The summed E-state index contributed by atoms with van der Waals surface area (Å²) in [5, 5.41) is 13.1. The number of para-hydroxylation sites is 1. The molecule has 0 amide bonds. The van der Waals surface area contributed by atoms with Crippen molar-refractivity contribution in [1.29, 1.82) is 0 Å². The molecule has 0 aliphatic heterocycles. The average Bonchev–Trinajstić information content (AvgIpc) is 2.85. The van der Waals surface area contributed by atoms with Gasteiger partial charge < -0.3 is 10.1 Å². The van der Waals surface area contributed by atoms with E-state index in [0.29, 0.717) is 5.56 Å². The number of aromatic carboxylic acids is 1. The fourth-order valence-corrected chi connectivity index (χ4v) is 3.24. The van der Waals surface area contributed by atoms with E-state index >= 15 is 0 Å². The third-order valence-electron chi connectivity index (χ3n) is 3.81. The van der Waals surface area contributed by atoms with Crippen LogP contribution in [0.15, 0.2) is 53.0 Å². The minimum atomic E-state index is -0.908. The van der Waals surface area contributed by atoms with Gasteiger partial charge in [0, 0.05) is 26.1 Å². The molecule has 1 heterocycles. The molecule has 0 aliphatic rings. The summed E-state index contributed by atoms with van der Waals surface area (Å²) in [4.78, 5) is 15.0. The summed E-state index contributed by atoms with van der Waals surface area (Å²) in [6.45, 7) is 0. The van der Waals surface area contributed by atoms with E-state index in [2.05, 4.69) is 20.9 Å². The van der Waals surface area contributed by atoms with Crippen LogP contribution >= 0.6 is 15.9 Å². The molecule has 0 unspecified atom stereocenters. The van der Waals surface area contributed by atoms with Crippen molar-refractivity contribution >= 4 is 54.5 Å². The number of carbonyl (C=O) groups is 1. The number of carboxylic acids is 1. The van der Waals surface area contributed by atoms with Gasteiger partial charge in [-0.1, -0.05) is 40.2 Å². The molecule has 0 saturated carbocycles. The molecule has 0 aliphatic carbocycles. The topological polar surface area (TPSA) is 53.1 Å². The lowest BCUT2D eigenvalue weighted by Crippen LogP contribution is -1.97. The van der Waals surface area contributed by atoms with Crippen LogP contribution in [0.5, 0.6) is 0 Å². The molecule has 0 spiro atoms. The lowest BCUT2D eigenvalue weighted by molar-refractivity contribution is 0.0699. The average molecular weight is 340 g/mol. The van der Waals surface area contributed by atoms with Gasteiger partial charge in [0.15, 0.2) is 0 Å². The van der Waals surface area contributed by atoms with E-state index in [0.717, 1.165) is 37.1 Å². The third kappa shape index (κ3) is 1.76. The highest BCUT2D eigenvalue weighted by Crippen LogP contribution is 2.34. The molecule has 3 nitrogen and oxygen atoms in total. The number of hydrogen-bond donors (Lipinski definition) is 2. The molecule has 2 N–H and O–H groups in total. The summed E-state index contributed by atoms with van der Waals surface area (Å²) >= 11 is 3.46. The number of carboxylic acid groups (broad SMARTS) is 1. The molecule has 0 fully saturated rings. The van der Waals surface area contributed by atoms with E-state index in [1.165, 1.54) is 0 Å². The second-order valence-electron chi connectivity index (χ2n) is 5.01. The molecule has 4 aromatic rings. The Labute approximate surface area is 128 Å². The van der Waals surface area contributed by atoms with Crippen molar-refractivity contribution in [2.24, 2.45) is 0 Å². The minimum Gasteiger partial charge on any atom is -0.478 e. The fraction of sp³-hybridized carbons (Fsp3) is 0. The number of fused-ring (bicyclic) bond motifs is 5. The Bertz CT molecular complexity index is 1030. The zero-order valence-electron chi connectivity index (χ0n) is 10.9. The summed E-state index contributed by atoms with van der Waals surface area (Å²) in [7, 11) is 0. The quantitative estimate of drug-likeness (QED) is 0.516. The smallest absolute Gasteiger partial charge is 0.336 e. The number of halogens is 1. The number of hydrogen-bond acceptors (Lipinski definition) is 1. The van der Waals surface area contributed by atoms with Gasteiger partial charge in [-0.15, -0.1) is 0 Å². The standard InChI is InChI=1S/C17H10BrNO2/c18-9-5-6-10-12(7-9)16-13(8-14(10)17(20)21)11-3-1-2-4-15(11)19-16/h1-8,19H,(H,20,21). The Morgan fingerprint density at radius 1 is 0.952 bits per heavy atom.